The first kappa shape index (κ1) is 16.6. The summed E-state index contributed by atoms with van der Waals surface area (Å²) in [6, 6.07) is 15.5. The number of halogens is 1. The summed E-state index contributed by atoms with van der Waals surface area (Å²) in [6.07, 6.45) is 0.370. The van der Waals surface area contributed by atoms with Crippen LogP contribution in [0.15, 0.2) is 53.0 Å². The maximum atomic E-state index is 12.0. The average molecular weight is 361 g/mol. The summed E-state index contributed by atoms with van der Waals surface area (Å²) in [6.45, 7) is 6.34. The lowest BCUT2D eigenvalue weighted by Gasteiger charge is -2.22. The molecule has 0 spiro atoms. The smallest absolute Gasteiger partial charge is 0.228 e. The maximum absolute atomic E-state index is 12.0. The quantitative estimate of drug-likeness (QED) is 0.818. The van der Waals surface area contributed by atoms with Gasteiger partial charge in [0.25, 0.3) is 0 Å². The van der Waals surface area contributed by atoms with E-state index in [-0.39, 0.29) is 11.4 Å². The molecule has 0 atom stereocenters. The Morgan fingerprint density at radius 2 is 1.50 bits per heavy atom. The molecule has 0 aliphatic rings. The van der Waals surface area contributed by atoms with Gasteiger partial charge in [-0.05, 0) is 62.7 Å². The molecule has 0 saturated carbocycles. The highest BCUT2D eigenvalue weighted by Crippen LogP contribution is 2.18. The van der Waals surface area contributed by atoms with Crippen LogP contribution in [0.3, 0.4) is 0 Å². The second-order valence-electron chi connectivity index (χ2n) is 6.30. The van der Waals surface area contributed by atoms with Gasteiger partial charge in [0, 0.05) is 21.4 Å². The number of hydrogen-bond acceptors (Lipinski definition) is 2. The van der Waals surface area contributed by atoms with Crippen LogP contribution in [0.25, 0.3) is 0 Å². The summed E-state index contributed by atoms with van der Waals surface area (Å²) in [5.41, 5.74) is 2.86. The number of carbonyl (C=O) groups excluding carboxylic acids is 1. The number of amides is 1. The first-order chi connectivity index (χ1) is 10.3. The Morgan fingerprint density at radius 1 is 0.955 bits per heavy atom. The molecule has 22 heavy (non-hydrogen) atoms. The third kappa shape index (κ3) is 5.53. The van der Waals surface area contributed by atoms with Gasteiger partial charge >= 0.3 is 0 Å². The highest BCUT2D eigenvalue weighted by Gasteiger charge is 2.09. The first-order valence-corrected chi connectivity index (χ1v) is 8.04. The molecule has 0 aliphatic heterocycles. The summed E-state index contributed by atoms with van der Waals surface area (Å²) in [4.78, 5) is 12.0. The van der Waals surface area contributed by atoms with Gasteiger partial charge < -0.3 is 10.6 Å². The molecule has 0 radical (unpaired) electrons. The van der Waals surface area contributed by atoms with Gasteiger partial charge in [0.2, 0.25) is 5.91 Å². The van der Waals surface area contributed by atoms with E-state index in [0.29, 0.717) is 6.42 Å². The molecule has 1 amide bonds. The Bertz CT molecular complexity index is 628. The summed E-state index contributed by atoms with van der Waals surface area (Å²) in [5, 5.41) is 6.31. The number of hydrogen-bond donors (Lipinski definition) is 2. The van der Waals surface area contributed by atoms with E-state index in [1.54, 1.807) is 0 Å². The molecule has 0 fully saturated rings. The SMILES string of the molecule is CC(C)(C)Nc1ccc(NC(=O)Cc2ccc(Br)cc2)cc1. The molecule has 0 aromatic heterocycles. The molecular weight excluding hydrogens is 340 g/mol. The van der Waals surface area contributed by atoms with Crippen LogP contribution >= 0.6 is 15.9 Å². The Labute approximate surface area is 140 Å². The number of carbonyl (C=O) groups is 1. The Balaban J connectivity index is 1.93. The van der Waals surface area contributed by atoms with Crippen molar-refractivity contribution in [1.29, 1.82) is 0 Å². The fourth-order valence-corrected chi connectivity index (χ4v) is 2.33. The average Bonchev–Trinajstić information content (AvgIpc) is 2.42. The van der Waals surface area contributed by atoms with Crippen LogP contribution in [-0.2, 0) is 11.2 Å². The van der Waals surface area contributed by atoms with Gasteiger partial charge in [0.15, 0.2) is 0 Å². The number of nitrogens with one attached hydrogen (secondary N) is 2. The number of rotatable bonds is 4. The largest absolute Gasteiger partial charge is 0.380 e. The van der Waals surface area contributed by atoms with Gasteiger partial charge in [-0.1, -0.05) is 28.1 Å². The summed E-state index contributed by atoms with van der Waals surface area (Å²) < 4.78 is 1.01. The zero-order valence-electron chi connectivity index (χ0n) is 13.1. The van der Waals surface area contributed by atoms with Crippen molar-refractivity contribution in [2.45, 2.75) is 32.7 Å². The number of benzene rings is 2. The third-order valence-electron chi connectivity index (χ3n) is 2.97. The van der Waals surface area contributed by atoms with Crippen molar-refractivity contribution in [2.75, 3.05) is 10.6 Å². The molecule has 116 valence electrons. The fraction of sp³-hybridized carbons (Fsp3) is 0.278. The van der Waals surface area contributed by atoms with Crippen molar-refractivity contribution in [2.24, 2.45) is 0 Å². The molecule has 2 N–H and O–H groups in total. The van der Waals surface area contributed by atoms with Crippen molar-refractivity contribution < 1.29 is 4.79 Å². The summed E-state index contributed by atoms with van der Waals surface area (Å²) >= 11 is 3.39. The van der Waals surface area contributed by atoms with E-state index < -0.39 is 0 Å². The Morgan fingerprint density at radius 3 is 2.05 bits per heavy atom. The lowest BCUT2D eigenvalue weighted by atomic mass is 10.1. The standard InChI is InChI=1S/C18H21BrN2O/c1-18(2,3)21-16-10-8-15(9-11-16)20-17(22)12-13-4-6-14(19)7-5-13/h4-11,21H,12H2,1-3H3,(H,20,22). The maximum Gasteiger partial charge on any atom is 0.228 e. The van der Waals surface area contributed by atoms with Crippen molar-refractivity contribution >= 4 is 33.2 Å². The van der Waals surface area contributed by atoms with E-state index in [1.165, 1.54) is 0 Å². The third-order valence-corrected chi connectivity index (χ3v) is 3.49. The molecule has 3 nitrogen and oxygen atoms in total. The van der Waals surface area contributed by atoms with E-state index in [1.807, 2.05) is 48.5 Å². The monoisotopic (exact) mass is 360 g/mol. The van der Waals surface area contributed by atoms with E-state index in [4.69, 9.17) is 0 Å². The molecule has 0 bridgehead atoms. The van der Waals surface area contributed by atoms with E-state index in [9.17, 15) is 4.79 Å². The molecule has 0 saturated heterocycles. The predicted octanol–water partition coefficient (Wildman–Crippen LogP) is 4.84. The number of anilines is 2. The lowest BCUT2D eigenvalue weighted by molar-refractivity contribution is -0.115. The second-order valence-corrected chi connectivity index (χ2v) is 7.22. The molecule has 2 aromatic rings. The summed E-state index contributed by atoms with van der Waals surface area (Å²) in [7, 11) is 0. The Kier molecular flexibility index (Phi) is 5.24. The van der Waals surface area contributed by atoms with Crippen LogP contribution in [0.5, 0.6) is 0 Å². The minimum Gasteiger partial charge on any atom is -0.380 e. The van der Waals surface area contributed by atoms with Crippen LogP contribution in [0.2, 0.25) is 0 Å². The second kappa shape index (κ2) is 6.97. The molecular formula is C18H21BrN2O. The van der Waals surface area contributed by atoms with Gasteiger partial charge in [0.05, 0.1) is 6.42 Å². The van der Waals surface area contributed by atoms with Crippen LogP contribution in [0.4, 0.5) is 11.4 Å². The van der Waals surface area contributed by atoms with Crippen LogP contribution in [-0.4, -0.2) is 11.4 Å². The Hall–Kier alpha value is -1.81. The highest BCUT2D eigenvalue weighted by molar-refractivity contribution is 9.10. The highest BCUT2D eigenvalue weighted by atomic mass is 79.9. The van der Waals surface area contributed by atoms with Crippen LogP contribution in [0, 0.1) is 0 Å². The van der Waals surface area contributed by atoms with Crippen molar-refractivity contribution in [3.05, 3.63) is 58.6 Å². The van der Waals surface area contributed by atoms with Crippen molar-refractivity contribution in [3.63, 3.8) is 0 Å². The molecule has 0 heterocycles. The molecule has 2 rings (SSSR count). The van der Waals surface area contributed by atoms with Crippen LogP contribution in [0.1, 0.15) is 26.3 Å². The molecule has 2 aromatic carbocycles. The normalized spacial score (nSPS) is 11.1. The van der Waals surface area contributed by atoms with Crippen LogP contribution < -0.4 is 10.6 Å². The summed E-state index contributed by atoms with van der Waals surface area (Å²) in [5.74, 6) is -0.0150. The van der Waals surface area contributed by atoms with E-state index >= 15 is 0 Å². The van der Waals surface area contributed by atoms with Gasteiger partial charge in [-0.2, -0.15) is 0 Å². The zero-order valence-corrected chi connectivity index (χ0v) is 14.7. The predicted molar refractivity (Wildman–Crippen MR) is 96.3 cm³/mol. The molecule has 0 unspecified atom stereocenters. The fourth-order valence-electron chi connectivity index (χ4n) is 2.06. The first-order valence-electron chi connectivity index (χ1n) is 7.24. The zero-order chi connectivity index (χ0) is 16.2. The minimum absolute atomic E-state index is 0.0150. The topological polar surface area (TPSA) is 41.1 Å². The molecule has 4 heteroatoms. The van der Waals surface area contributed by atoms with Gasteiger partial charge in [-0.3, -0.25) is 4.79 Å². The van der Waals surface area contributed by atoms with Crippen molar-refractivity contribution in [1.82, 2.24) is 0 Å². The molecule has 0 aliphatic carbocycles. The lowest BCUT2D eigenvalue weighted by Crippen LogP contribution is -2.25. The van der Waals surface area contributed by atoms with Gasteiger partial charge in [-0.25, -0.2) is 0 Å². The van der Waals surface area contributed by atoms with Gasteiger partial charge in [-0.15, -0.1) is 0 Å². The van der Waals surface area contributed by atoms with Crippen molar-refractivity contribution in [3.8, 4) is 0 Å². The minimum atomic E-state index is -0.0150. The van der Waals surface area contributed by atoms with E-state index in [0.717, 1.165) is 21.4 Å². The van der Waals surface area contributed by atoms with E-state index in [2.05, 4.69) is 47.3 Å². The van der Waals surface area contributed by atoms with Gasteiger partial charge in [0.1, 0.15) is 0 Å².